The van der Waals surface area contributed by atoms with Gasteiger partial charge < -0.3 is 10.1 Å². The first-order valence-corrected chi connectivity index (χ1v) is 10.4. The van der Waals surface area contributed by atoms with Gasteiger partial charge in [-0.1, -0.05) is 24.3 Å². The van der Waals surface area contributed by atoms with Crippen molar-refractivity contribution in [1.82, 2.24) is 5.32 Å². The summed E-state index contributed by atoms with van der Waals surface area (Å²) in [5, 5.41) is 2.92. The summed E-state index contributed by atoms with van der Waals surface area (Å²) in [7, 11) is -3.21. The number of benzene rings is 2. The molecule has 0 bridgehead atoms. The Bertz CT molecular complexity index is 844. The van der Waals surface area contributed by atoms with Gasteiger partial charge in [0.15, 0.2) is 9.84 Å². The lowest BCUT2D eigenvalue weighted by atomic mass is 10.1. The monoisotopic (exact) mass is 375 g/mol. The Kier molecular flexibility index (Phi) is 6.80. The molecule has 26 heavy (non-hydrogen) atoms. The Hall–Kier alpha value is -2.34. The molecule has 0 saturated carbocycles. The second-order valence-corrected chi connectivity index (χ2v) is 8.41. The maximum Gasteiger partial charge on any atom is 0.220 e. The molecule has 0 spiro atoms. The third-order valence-electron chi connectivity index (χ3n) is 3.99. The summed E-state index contributed by atoms with van der Waals surface area (Å²) in [6, 6.07) is 14.2. The van der Waals surface area contributed by atoms with E-state index in [0.29, 0.717) is 19.4 Å². The topological polar surface area (TPSA) is 72.5 Å². The lowest BCUT2D eigenvalue weighted by molar-refractivity contribution is -0.121. The number of nitrogens with one attached hydrogen (secondary N) is 1. The van der Waals surface area contributed by atoms with Crippen LogP contribution in [0.1, 0.15) is 36.9 Å². The molecule has 6 heteroatoms. The van der Waals surface area contributed by atoms with E-state index in [1.807, 2.05) is 38.1 Å². The van der Waals surface area contributed by atoms with Crippen LogP contribution in [0.4, 0.5) is 0 Å². The first-order valence-electron chi connectivity index (χ1n) is 8.54. The normalized spacial score (nSPS) is 12.4. The van der Waals surface area contributed by atoms with Gasteiger partial charge in [0.2, 0.25) is 5.91 Å². The van der Waals surface area contributed by atoms with Gasteiger partial charge >= 0.3 is 0 Å². The predicted octanol–water partition coefficient (Wildman–Crippen LogP) is 3.43. The average molecular weight is 375 g/mol. The minimum Gasteiger partial charge on any atom is -0.494 e. The first-order chi connectivity index (χ1) is 12.3. The van der Waals surface area contributed by atoms with Crippen LogP contribution in [0.15, 0.2) is 53.4 Å². The van der Waals surface area contributed by atoms with E-state index >= 15 is 0 Å². The van der Waals surface area contributed by atoms with Crippen LogP contribution in [0.2, 0.25) is 0 Å². The lowest BCUT2D eigenvalue weighted by Gasteiger charge is -2.15. The molecule has 0 radical (unpaired) electrons. The summed E-state index contributed by atoms with van der Waals surface area (Å²) >= 11 is 0. The second kappa shape index (κ2) is 8.85. The Balaban J connectivity index is 1.76. The van der Waals surface area contributed by atoms with Gasteiger partial charge in [0, 0.05) is 12.7 Å². The number of amides is 1. The highest BCUT2D eigenvalue weighted by Gasteiger charge is 2.11. The molecule has 0 aliphatic carbocycles. The molecule has 1 amide bonds. The van der Waals surface area contributed by atoms with Crippen LogP contribution in [-0.2, 0) is 14.6 Å². The number of aryl methyl sites for hydroxylation is 1. The van der Waals surface area contributed by atoms with Crippen molar-refractivity contribution in [3.05, 3.63) is 59.7 Å². The van der Waals surface area contributed by atoms with Crippen LogP contribution < -0.4 is 10.1 Å². The highest BCUT2D eigenvalue weighted by molar-refractivity contribution is 7.90. The molecule has 0 aromatic heterocycles. The van der Waals surface area contributed by atoms with E-state index in [1.54, 1.807) is 24.3 Å². The fourth-order valence-corrected chi connectivity index (χ4v) is 3.16. The van der Waals surface area contributed by atoms with E-state index in [1.165, 1.54) is 6.26 Å². The summed E-state index contributed by atoms with van der Waals surface area (Å²) < 4.78 is 28.6. The van der Waals surface area contributed by atoms with E-state index in [-0.39, 0.29) is 16.8 Å². The number of sulfone groups is 1. The SMILES string of the molecule is Cc1cccc(OCCCC(=O)N[C@H](C)c2ccc(S(C)(=O)=O)cc2)c1. The molecule has 0 aliphatic heterocycles. The molecule has 1 N–H and O–H groups in total. The number of carbonyl (C=O) groups excluding carboxylic acids is 1. The molecule has 0 saturated heterocycles. The number of ether oxygens (including phenoxy) is 1. The van der Waals surface area contributed by atoms with E-state index in [2.05, 4.69) is 5.32 Å². The molecular weight excluding hydrogens is 350 g/mol. The fourth-order valence-electron chi connectivity index (χ4n) is 2.53. The lowest BCUT2D eigenvalue weighted by Crippen LogP contribution is -2.26. The van der Waals surface area contributed by atoms with E-state index in [9.17, 15) is 13.2 Å². The maximum absolute atomic E-state index is 12.1. The molecule has 0 heterocycles. The Morgan fingerprint density at radius 3 is 2.46 bits per heavy atom. The Morgan fingerprint density at radius 1 is 1.15 bits per heavy atom. The summed E-state index contributed by atoms with van der Waals surface area (Å²) in [6.45, 7) is 4.36. The largest absolute Gasteiger partial charge is 0.494 e. The van der Waals surface area contributed by atoms with Crippen LogP contribution in [0.3, 0.4) is 0 Å². The van der Waals surface area contributed by atoms with Gasteiger partial charge in [-0.05, 0) is 55.7 Å². The number of rotatable bonds is 8. The zero-order valence-corrected chi connectivity index (χ0v) is 16.2. The molecule has 0 unspecified atom stereocenters. The predicted molar refractivity (Wildman–Crippen MR) is 102 cm³/mol. The standard InChI is InChI=1S/C20H25NO4S/c1-15-6-4-7-18(14-15)25-13-5-8-20(22)21-16(2)17-9-11-19(12-10-17)26(3,23)24/h4,6-7,9-12,14,16H,5,8,13H2,1-3H3,(H,21,22)/t16-/m1/s1. The molecule has 2 rings (SSSR count). The van der Waals surface area contributed by atoms with Gasteiger partial charge in [-0.25, -0.2) is 8.42 Å². The Morgan fingerprint density at radius 2 is 1.85 bits per heavy atom. The molecule has 0 fully saturated rings. The number of carbonyl (C=O) groups is 1. The van der Waals surface area contributed by atoms with Crippen molar-refractivity contribution < 1.29 is 17.9 Å². The van der Waals surface area contributed by atoms with Gasteiger partial charge in [-0.3, -0.25) is 4.79 Å². The van der Waals surface area contributed by atoms with E-state index in [0.717, 1.165) is 16.9 Å². The summed E-state index contributed by atoms with van der Waals surface area (Å²) in [6.07, 6.45) is 2.17. The van der Waals surface area contributed by atoms with Crippen LogP contribution in [0.25, 0.3) is 0 Å². The van der Waals surface area contributed by atoms with Crippen molar-refractivity contribution in [3.63, 3.8) is 0 Å². The second-order valence-electron chi connectivity index (χ2n) is 6.40. The minimum absolute atomic E-state index is 0.0578. The van der Waals surface area contributed by atoms with Gasteiger partial charge in [0.25, 0.3) is 0 Å². The third-order valence-corrected chi connectivity index (χ3v) is 5.12. The van der Waals surface area contributed by atoms with Crippen LogP contribution in [-0.4, -0.2) is 27.2 Å². The zero-order valence-electron chi connectivity index (χ0n) is 15.4. The van der Waals surface area contributed by atoms with Gasteiger partial charge in [0.05, 0.1) is 17.5 Å². The quantitative estimate of drug-likeness (QED) is 0.718. The highest BCUT2D eigenvalue weighted by Crippen LogP contribution is 2.17. The van der Waals surface area contributed by atoms with Gasteiger partial charge in [0.1, 0.15) is 5.75 Å². The van der Waals surface area contributed by atoms with Crippen molar-refractivity contribution in [3.8, 4) is 5.75 Å². The van der Waals surface area contributed by atoms with Gasteiger partial charge in [-0.2, -0.15) is 0 Å². The zero-order chi connectivity index (χ0) is 19.2. The molecule has 140 valence electrons. The van der Waals surface area contributed by atoms with Crippen LogP contribution in [0, 0.1) is 6.92 Å². The fraction of sp³-hybridized carbons (Fsp3) is 0.350. The molecular formula is C20H25NO4S. The summed E-state index contributed by atoms with van der Waals surface area (Å²) in [4.78, 5) is 12.3. The van der Waals surface area contributed by atoms with Crippen molar-refractivity contribution in [2.75, 3.05) is 12.9 Å². The van der Waals surface area contributed by atoms with Crippen molar-refractivity contribution >= 4 is 15.7 Å². The van der Waals surface area contributed by atoms with Crippen molar-refractivity contribution in [2.24, 2.45) is 0 Å². The molecule has 2 aromatic rings. The summed E-state index contributed by atoms with van der Waals surface area (Å²) in [5.74, 6) is 0.752. The third kappa shape index (κ3) is 6.19. The molecule has 5 nitrogen and oxygen atoms in total. The van der Waals surface area contributed by atoms with Crippen LogP contribution in [0.5, 0.6) is 5.75 Å². The summed E-state index contributed by atoms with van der Waals surface area (Å²) in [5.41, 5.74) is 2.00. The smallest absolute Gasteiger partial charge is 0.220 e. The maximum atomic E-state index is 12.1. The van der Waals surface area contributed by atoms with Crippen molar-refractivity contribution in [1.29, 1.82) is 0 Å². The molecule has 2 aromatic carbocycles. The minimum atomic E-state index is -3.21. The van der Waals surface area contributed by atoms with E-state index < -0.39 is 9.84 Å². The average Bonchev–Trinajstić information content (AvgIpc) is 2.58. The number of hydrogen-bond acceptors (Lipinski definition) is 4. The highest BCUT2D eigenvalue weighted by atomic mass is 32.2. The van der Waals surface area contributed by atoms with E-state index in [4.69, 9.17) is 4.74 Å². The van der Waals surface area contributed by atoms with Gasteiger partial charge in [-0.15, -0.1) is 0 Å². The first kappa shape index (κ1) is 20.0. The molecule has 1 atom stereocenters. The number of hydrogen-bond donors (Lipinski definition) is 1. The Labute approximate surface area is 155 Å². The van der Waals surface area contributed by atoms with Crippen LogP contribution >= 0.6 is 0 Å². The molecule has 0 aliphatic rings. The van der Waals surface area contributed by atoms with Crippen molar-refractivity contribution in [2.45, 2.75) is 37.6 Å².